The molecule has 2 rings (SSSR count). The Balaban J connectivity index is 1.89. The highest BCUT2D eigenvalue weighted by atomic mass is 32.1. The number of nitrogens with one attached hydrogen (secondary N) is 1. The zero-order valence-corrected chi connectivity index (χ0v) is 12.3. The third-order valence-electron chi connectivity index (χ3n) is 3.91. The van der Waals surface area contributed by atoms with E-state index in [1.54, 1.807) is 0 Å². The second-order valence-electron chi connectivity index (χ2n) is 5.38. The van der Waals surface area contributed by atoms with Crippen molar-refractivity contribution in [3.8, 4) is 0 Å². The van der Waals surface area contributed by atoms with Gasteiger partial charge in [-0.25, -0.2) is 0 Å². The van der Waals surface area contributed by atoms with E-state index in [1.807, 2.05) is 0 Å². The summed E-state index contributed by atoms with van der Waals surface area (Å²) in [5.74, 6) is 1.97. The third kappa shape index (κ3) is 3.42. The first kappa shape index (κ1) is 13.7. The molecule has 0 bridgehead atoms. The van der Waals surface area contributed by atoms with Crippen LogP contribution in [0.2, 0.25) is 0 Å². The second kappa shape index (κ2) is 6.48. The van der Waals surface area contributed by atoms with Gasteiger partial charge in [0, 0.05) is 13.0 Å². The molecule has 0 amide bonds. The lowest BCUT2D eigenvalue weighted by molar-refractivity contribution is 0.207. The van der Waals surface area contributed by atoms with Crippen molar-refractivity contribution >= 4 is 12.2 Å². The number of piperidine rings is 1. The van der Waals surface area contributed by atoms with E-state index in [1.165, 1.54) is 32.4 Å². The van der Waals surface area contributed by atoms with E-state index in [9.17, 15) is 0 Å². The number of aryl methyl sites for hydroxylation is 1. The first-order valence-corrected chi connectivity index (χ1v) is 7.44. The molecule has 2 heterocycles. The molecule has 1 aliphatic rings. The van der Waals surface area contributed by atoms with Gasteiger partial charge in [0.25, 0.3) is 0 Å². The summed E-state index contributed by atoms with van der Waals surface area (Å²) in [5.41, 5.74) is 0. The fourth-order valence-corrected chi connectivity index (χ4v) is 2.90. The lowest BCUT2D eigenvalue weighted by atomic mass is 9.94. The SMILES string of the molecule is CCCc1n[nH]c(=S)n1CCC1CCN(C)CC1. The molecule has 4 nitrogen and oxygen atoms in total. The van der Waals surface area contributed by atoms with E-state index < -0.39 is 0 Å². The molecule has 102 valence electrons. The monoisotopic (exact) mass is 268 g/mol. The first-order chi connectivity index (χ1) is 8.70. The number of hydrogen-bond acceptors (Lipinski definition) is 3. The predicted octanol–water partition coefficient (Wildman–Crippen LogP) is 2.63. The van der Waals surface area contributed by atoms with Crippen LogP contribution in [0.1, 0.15) is 38.4 Å². The van der Waals surface area contributed by atoms with Crippen LogP contribution in [0, 0.1) is 10.7 Å². The summed E-state index contributed by atoms with van der Waals surface area (Å²) in [6, 6.07) is 0. The van der Waals surface area contributed by atoms with Gasteiger partial charge < -0.3 is 9.47 Å². The number of likely N-dealkylation sites (tertiary alicyclic amines) is 1. The molecule has 1 aromatic heterocycles. The normalized spacial score (nSPS) is 18.3. The molecule has 1 aliphatic heterocycles. The predicted molar refractivity (Wildman–Crippen MR) is 76.2 cm³/mol. The third-order valence-corrected chi connectivity index (χ3v) is 4.22. The van der Waals surface area contributed by atoms with Crippen molar-refractivity contribution in [2.75, 3.05) is 20.1 Å². The smallest absolute Gasteiger partial charge is 0.195 e. The summed E-state index contributed by atoms with van der Waals surface area (Å²) in [7, 11) is 2.21. The fraction of sp³-hybridized carbons (Fsp3) is 0.846. The van der Waals surface area contributed by atoms with Gasteiger partial charge in [-0.2, -0.15) is 5.10 Å². The Kier molecular flexibility index (Phi) is 4.95. The maximum absolute atomic E-state index is 5.31. The highest BCUT2D eigenvalue weighted by Crippen LogP contribution is 2.20. The van der Waals surface area contributed by atoms with Crippen LogP contribution in [-0.2, 0) is 13.0 Å². The van der Waals surface area contributed by atoms with E-state index in [-0.39, 0.29) is 0 Å². The van der Waals surface area contributed by atoms with Gasteiger partial charge in [-0.05, 0) is 64.0 Å². The number of nitrogens with zero attached hydrogens (tertiary/aromatic N) is 3. The van der Waals surface area contributed by atoms with Gasteiger partial charge in [0.15, 0.2) is 4.77 Å². The number of rotatable bonds is 5. The molecule has 18 heavy (non-hydrogen) atoms. The summed E-state index contributed by atoms with van der Waals surface area (Å²) in [5, 5.41) is 7.24. The average molecular weight is 268 g/mol. The highest BCUT2D eigenvalue weighted by Gasteiger charge is 2.17. The van der Waals surface area contributed by atoms with Gasteiger partial charge >= 0.3 is 0 Å². The van der Waals surface area contributed by atoms with Crippen molar-refractivity contribution < 1.29 is 0 Å². The van der Waals surface area contributed by atoms with Gasteiger partial charge in [0.05, 0.1) is 0 Å². The molecule has 0 aliphatic carbocycles. The first-order valence-electron chi connectivity index (χ1n) is 7.03. The van der Waals surface area contributed by atoms with Gasteiger partial charge in [-0.15, -0.1) is 0 Å². The largest absolute Gasteiger partial charge is 0.306 e. The lowest BCUT2D eigenvalue weighted by Gasteiger charge is -2.29. The number of H-pyrrole nitrogens is 1. The number of hydrogen-bond donors (Lipinski definition) is 1. The molecule has 5 heteroatoms. The van der Waals surface area contributed by atoms with Crippen molar-refractivity contribution in [1.82, 2.24) is 19.7 Å². The van der Waals surface area contributed by atoms with Crippen molar-refractivity contribution in [2.24, 2.45) is 5.92 Å². The zero-order chi connectivity index (χ0) is 13.0. The summed E-state index contributed by atoms with van der Waals surface area (Å²) in [6.45, 7) is 5.69. The van der Waals surface area contributed by atoms with E-state index in [4.69, 9.17) is 12.2 Å². The summed E-state index contributed by atoms with van der Waals surface area (Å²) in [6.07, 6.45) is 6.02. The minimum Gasteiger partial charge on any atom is -0.306 e. The van der Waals surface area contributed by atoms with Crippen molar-refractivity contribution in [3.05, 3.63) is 10.6 Å². The Morgan fingerprint density at radius 2 is 2.11 bits per heavy atom. The van der Waals surface area contributed by atoms with Crippen molar-refractivity contribution in [3.63, 3.8) is 0 Å². The molecule has 1 N–H and O–H groups in total. The lowest BCUT2D eigenvalue weighted by Crippen LogP contribution is -2.30. The van der Waals surface area contributed by atoms with Gasteiger partial charge in [-0.3, -0.25) is 5.10 Å². The van der Waals surface area contributed by atoms with Gasteiger partial charge in [0.1, 0.15) is 5.82 Å². The zero-order valence-electron chi connectivity index (χ0n) is 11.5. The maximum Gasteiger partial charge on any atom is 0.195 e. The molecule has 0 radical (unpaired) electrons. The van der Waals surface area contributed by atoms with Crippen LogP contribution in [-0.4, -0.2) is 39.8 Å². The number of aromatic nitrogens is 3. The quantitative estimate of drug-likeness (QED) is 0.834. The van der Waals surface area contributed by atoms with E-state index >= 15 is 0 Å². The van der Waals surface area contributed by atoms with Gasteiger partial charge in [-0.1, -0.05) is 6.92 Å². The Labute approximate surface area is 114 Å². The number of aromatic amines is 1. The van der Waals surface area contributed by atoms with Gasteiger partial charge in [0.2, 0.25) is 0 Å². The van der Waals surface area contributed by atoms with Crippen LogP contribution < -0.4 is 0 Å². The Morgan fingerprint density at radius 3 is 2.78 bits per heavy atom. The average Bonchev–Trinajstić information content (AvgIpc) is 2.71. The van der Waals surface area contributed by atoms with Crippen LogP contribution in [0.5, 0.6) is 0 Å². The van der Waals surface area contributed by atoms with E-state index in [0.717, 1.165) is 35.9 Å². The molecule has 0 unspecified atom stereocenters. The van der Waals surface area contributed by atoms with E-state index in [0.29, 0.717) is 0 Å². The van der Waals surface area contributed by atoms with Crippen LogP contribution in [0.4, 0.5) is 0 Å². The molecule has 1 aromatic rings. The minimum atomic E-state index is 0.784. The summed E-state index contributed by atoms with van der Waals surface area (Å²) >= 11 is 5.31. The molecule has 0 saturated carbocycles. The minimum absolute atomic E-state index is 0.784. The Morgan fingerprint density at radius 1 is 1.39 bits per heavy atom. The molecular weight excluding hydrogens is 244 g/mol. The van der Waals surface area contributed by atoms with Crippen molar-refractivity contribution in [1.29, 1.82) is 0 Å². The fourth-order valence-electron chi connectivity index (χ4n) is 2.66. The molecular formula is C13H24N4S. The van der Waals surface area contributed by atoms with Crippen LogP contribution >= 0.6 is 12.2 Å². The Hall–Kier alpha value is -0.680. The highest BCUT2D eigenvalue weighted by molar-refractivity contribution is 7.71. The molecule has 0 spiro atoms. The maximum atomic E-state index is 5.31. The molecule has 0 aromatic carbocycles. The topological polar surface area (TPSA) is 36.9 Å². The van der Waals surface area contributed by atoms with Crippen LogP contribution in [0.25, 0.3) is 0 Å². The molecule has 1 fully saturated rings. The summed E-state index contributed by atoms with van der Waals surface area (Å²) in [4.78, 5) is 2.42. The summed E-state index contributed by atoms with van der Waals surface area (Å²) < 4.78 is 2.98. The standard InChI is InChI=1S/C13H24N4S/c1-3-4-12-14-15-13(18)17(12)10-7-11-5-8-16(2)9-6-11/h11H,3-10H2,1-2H3,(H,15,18). The second-order valence-corrected chi connectivity index (χ2v) is 5.77. The van der Waals surface area contributed by atoms with E-state index in [2.05, 4.69) is 33.6 Å². The van der Waals surface area contributed by atoms with Crippen LogP contribution in [0.15, 0.2) is 0 Å². The Bertz CT molecular complexity index is 415. The molecule has 1 saturated heterocycles. The van der Waals surface area contributed by atoms with Crippen LogP contribution in [0.3, 0.4) is 0 Å². The van der Waals surface area contributed by atoms with Crippen molar-refractivity contribution in [2.45, 2.75) is 45.6 Å². The molecule has 0 atom stereocenters.